The molecule has 0 heterocycles. The average molecular weight is 427 g/mol. The minimum atomic E-state index is -1.53. The summed E-state index contributed by atoms with van der Waals surface area (Å²) in [7, 11) is 1.18. The Bertz CT molecular complexity index is 1100. The number of carbonyl (C=O) groups is 1. The molecule has 0 aliphatic rings. The standard InChI is InChI=1S/C23H20F3N3O2/c1-31-21(23(30)29-12-13-2-4-15(5-3-13)22(27)28)19-18(25)11-10-17(20(19)26)14-6-8-16(24)9-7-14/h2-11,21H,12H2,1H3,(H3,27,28)(H,29,30). The zero-order valence-corrected chi connectivity index (χ0v) is 16.6. The van der Waals surface area contributed by atoms with E-state index in [1.165, 1.54) is 25.3 Å². The third-order valence-electron chi connectivity index (χ3n) is 4.75. The van der Waals surface area contributed by atoms with Crippen LogP contribution in [0.15, 0.2) is 60.7 Å². The Kier molecular flexibility index (Phi) is 6.71. The summed E-state index contributed by atoms with van der Waals surface area (Å²) in [5.41, 5.74) is 6.46. The van der Waals surface area contributed by atoms with E-state index in [1.54, 1.807) is 24.3 Å². The van der Waals surface area contributed by atoms with Crippen molar-refractivity contribution in [2.45, 2.75) is 12.6 Å². The molecule has 3 rings (SSSR count). The van der Waals surface area contributed by atoms with Gasteiger partial charge in [-0.15, -0.1) is 0 Å². The molecular formula is C23H20F3N3O2. The Balaban J connectivity index is 1.83. The fraction of sp³-hybridized carbons (Fsp3) is 0.130. The summed E-state index contributed by atoms with van der Waals surface area (Å²) in [5.74, 6) is -3.19. The molecule has 0 aliphatic carbocycles. The topological polar surface area (TPSA) is 88.2 Å². The summed E-state index contributed by atoms with van der Waals surface area (Å²) in [6.45, 7) is 0.0811. The molecule has 0 bridgehead atoms. The number of amides is 1. The van der Waals surface area contributed by atoms with Gasteiger partial charge in [-0.1, -0.05) is 36.4 Å². The Morgan fingerprint density at radius 1 is 1.03 bits per heavy atom. The van der Waals surface area contributed by atoms with Gasteiger partial charge in [0.25, 0.3) is 5.91 Å². The first-order chi connectivity index (χ1) is 14.8. The zero-order valence-electron chi connectivity index (χ0n) is 16.6. The van der Waals surface area contributed by atoms with Crippen LogP contribution in [-0.4, -0.2) is 18.9 Å². The molecule has 0 fully saturated rings. The van der Waals surface area contributed by atoms with Gasteiger partial charge in [0.05, 0.1) is 5.56 Å². The number of methoxy groups -OCH3 is 1. The number of nitrogens with two attached hydrogens (primary N) is 1. The van der Waals surface area contributed by atoms with E-state index in [9.17, 15) is 13.6 Å². The lowest BCUT2D eigenvalue weighted by molar-refractivity contribution is -0.131. The van der Waals surface area contributed by atoms with E-state index in [-0.39, 0.29) is 17.9 Å². The summed E-state index contributed by atoms with van der Waals surface area (Å²) in [6, 6.07) is 13.9. The van der Waals surface area contributed by atoms with Crippen molar-refractivity contribution in [3.63, 3.8) is 0 Å². The largest absolute Gasteiger partial charge is 0.384 e. The number of halogens is 3. The first-order valence-electron chi connectivity index (χ1n) is 9.29. The van der Waals surface area contributed by atoms with Crippen LogP contribution in [0.1, 0.15) is 22.8 Å². The molecule has 0 saturated heterocycles. The highest BCUT2D eigenvalue weighted by Gasteiger charge is 2.28. The molecule has 1 unspecified atom stereocenters. The van der Waals surface area contributed by atoms with Crippen LogP contribution >= 0.6 is 0 Å². The Morgan fingerprint density at radius 3 is 2.26 bits per heavy atom. The van der Waals surface area contributed by atoms with Gasteiger partial charge in [0, 0.05) is 24.8 Å². The van der Waals surface area contributed by atoms with Crippen molar-refractivity contribution in [2.75, 3.05) is 7.11 Å². The van der Waals surface area contributed by atoms with Crippen LogP contribution < -0.4 is 11.1 Å². The van der Waals surface area contributed by atoms with Gasteiger partial charge in [0.15, 0.2) is 6.10 Å². The SMILES string of the molecule is COC(C(=O)NCc1ccc(C(=N)N)cc1)c1c(F)ccc(-c2ccc(F)cc2)c1F. The number of amidine groups is 1. The van der Waals surface area contributed by atoms with Gasteiger partial charge in [-0.25, -0.2) is 13.2 Å². The molecule has 8 heteroatoms. The van der Waals surface area contributed by atoms with Gasteiger partial charge in [-0.05, 0) is 35.4 Å². The molecule has 31 heavy (non-hydrogen) atoms. The Morgan fingerprint density at radius 2 is 1.68 bits per heavy atom. The molecule has 1 atom stereocenters. The maximum atomic E-state index is 15.2. The van der Waals surface area contributed by atoms with Crippen molar-refractivity contribution in [2.24, 2.45) is 5.73 Å². The summed E-state index contributed by atoms with van der Waals surface area (Å²) in [4.78, 5) is 12.6. The van der Waals surface area contributed by atoms with Crippen molar-refractivity contribution >= 4 is 11.7 Å². The average Bonchev–Trinajstić information content (AvgIpc) is 2.76. The maximum Gasteiger partial charge on any atom is 0.254 e. The molecule has 0 aromatic heterocycles. The minimum Gasteiger partial charge on any atom is -0.384 e. The maximum absolute atomic E-state index is 15.2. The van der Waals surface area contributed by atoms with Crippen molar-refractivity contribution in [3.05, 3.63) is 94.8 Å². The van der Waals surface area contributed by atoms with Gasteiger partial charge in [0.1, 0.15) is 23.3 Å². The molecule has 160 valence electrons. The second-order valence-corrected chi connectivity index (χ2v) is 6.77. The number of hydrogen-bond acceptors (Lipinski definition) is 3. The first-order valence-corrected chi connectivity index (χ1v) is 9.29. The number of ether oxygens (including phenoxy) is 1. The van der Waals surface area contributed by atoms with E-state index in [2.05, 4.69) is 5.32 Å². The van der Waals surface area contributed by atoms with Crippen LogP contribution in [0.3, 0.4) is 0 Å². The number of nitrogen functional groups attached to an aromatic ring is 1. The van der Waals surface area contributed by atoms with Crippen LogP contribution in [-0.2, 0) is 16.1 Å². The lowest BCUT2D eigenvalue weighted by atomic mass is 9.98. The predicted molar refractivity (Wildman–Crippen MR) is 111 cm³/mol. The van der Waals surface area contributed by atoms with E-state index in [4.69, 9.17) is 15.9 Å². The molecule has 0 spiro atoms. The zero-order chi connectivity index (χ0) is 22.5. The van der Waals surface area contributed by atoms with E-state index in [0.717, 1.165) is 18.2 Å². The normalized spacial score (nSPS) is 11.7. The third-order valence-corrected chi connectivity index (χ3v) is 4.75. The van der Waals surface area contributed by atoms with E-state index in [1.807, 2.05) is 0 Å². The molecule has 3 aromatic carbocycles. The Hall–Kier alpha value is -3.65. The number of nitrogens with one attached hydrogen (secondary N) is 2. The van der Waals surface area contributed by atoms with Gasteiger partial charge in [0.2, 0.25) is 0 Å². The first kappa shape index (κ1) is 22.0. The number of benzene rings is 3. The fourth-order valence-electron chi connectivity index (χ4n) is 3.10. The van der Waals surface area contributed by atoms with Gasteiger partial charge >= 0.3 is 0 Å². The summed E-state index contributed by atoms with van der Waals surface area (Å²) in [5, 5.41) is 9.97. The van der Waals surface area contributed by atoms with Crippen LogP contribution in [0.2, 0.25) is 0 Å². The molecule has 1 amide bonds. The fourth-order valence-corrected chi connectivity index (χ4v) is 3.10. The van der Waals surface area contributed by atoms with Crippen molar-refractivity contribution in [1.29, 1.82) is 5.41 Å². The second kappa shape index (κ2) is 9.44. The van der Waals surface area contributed by atoms with E-state index < -0.39 is 35.0 Å². The number of rotatable bonds is 7. The van der Waals surface area contributed by atoms with Crippen molar-refractivity contribution < 1.29 is 22.7 Å². The van der Waals surface area contributed by atoms with Gasteiger partial charge in [-0.3, -0.25) is 10.2 Å². The van der Waals surface area contributed by atoms with Gasteiger partial charge in [-0.2, -0.15) is 0 Å². The van der Waals surface area contributed by atoms with Crippen LogP contribution in [0.4, 0.5) is 13.2 Å². The molecule has 3 aromatic rings. The van der Waals surface area contributed by atoms with Crippen molar-refractivity contribution in [3.8, 4) is 11.1 Å². The molecule has 4 N–H and O–H groups in total. The molecule has 0 saturated carbocycles. The van der Waals surface area contributed by atoms with E-state index in [0.29, 0.717) is 16.7 Å². The summed E-state index contributed by atoms with van der Waals surface area (Å²) in [6.07, 6.45) is -1.53. The predicted octanol–water partition coefficient (Wildman–Crippen LogP) is 4.06. The lowest BCUT2D eigenvalue weighted by Gasteiger charge is -2.19. The smallest absolute Gasteiger partial charge is 0.254 e. The highest BCUT2D eigenvalue weighted by Crippen LogP contribution is 2.31. The Labute approximate surface area is 177 Å². The number of hydrogen-bond donors (Lipinski definition) is 3. The number of carbonyl (C=O) groups excluding carboxylic acids is 1. The van der Waals surface area contributed by atoms with Crippen LogP contribution in [0, 0.1) is 22.9 Å². The lowest BCUT2D eigenvalue weighted by Crippen LogP contribution is -2.31. The molecule has 5 nitrogen and oxygen atoms in total. The van der Waals surface area contributed by atoms with Crippen LogP contribution in [0.5, 0.6) is 0 Å². The molecule has 0 aliphatic heterocycles. The summed E-state index contributed by atoms with van der Waals surface area (Å²) < 4.78 is 48.0. The minimum absolute atomic E-state index is 0.0195. The van der Waals surface area contributed by atoms with Gasteiger partial charge < -0.3 is 15.8 Å². The molecule has 0 radical (unpaired) electrons. The summed E-state index contributed by atoms with van der Waals surface area (Å²) >= 11 is 0. The van der Waals surface area contributed by atoms with Crippen molar-refractivity contribution in [1.82, 2.24) is 5.32 Å². The quantitative estimate of drug-likeness (QED) is 0.393. The highest BCUT2D eigenvalue weighted by molar-refractivity contribution is 5.94. The second-order valence-electron chi connectivity index (χ2n) is 6.77. The third kappa shape index (κ3) is 4.92. The molecular weight excluding hydrogens is 407 g/mol. The monoisotopic (exact) mass is 427 g/mol. The van der Waals surface area contributed by atoms with E-state index >= 15 is 4.39 Å². The van der Waals surface area contributed by atoms with Crippen LogP contribution in [0.25, 0.3) is 11.1 Å². The highest BCUT2D eigenvalue weighted by atomic mass is 19.1.